The number of hydrogen-bond acceptors (Lipinski definition) is 6. The Bertz CT molecular complexity index is 616. The van der Waals surface area contributed by atoms with Gasteiger partial charge >= 0.3 is 0 Å². The third kappa shape index (κ3) is 4.12. The minimum Gasteiger partial charge on any atom is -0.379 e. The molecule has 7 heteroatoms. The lowest BCUT2D eigenvalue weighted by atomic mass is 9.78. The van der Waals surface area contributed by atoms with Crippen molar-refractivity contribution >= 4 is 17.2 Å². The third-order valence-corrected chi connectivity index (χ3v) is 5.80. The highest BCUT2D eigenvalue weighted by atomic mass is 32.1. The lowest BCUT2D eigenvalue weighted by Crippen LogP contribution is -2.48. The second-order valence-electron chi connectivity index (χ2n) is 6.84. The van der Waals surface area contributed by atoms with Crippen molar-refractivity contribution in [3.8, 4) is 6.07 Å². The Morgan fingerprint density at radius 3 is 2.92 bits per heavy atom. The average molecular weight is 348 g/mol. The van der Waals surface area contributed by atoms with Gasteiger partial charge in [-0.3, -0.25) is 9.69 Å². The Kier molecular flexibility index (Phi) is 5.49. The van der Waals surface area contributed by atoms with Gasteiger partial charge < -0.3 is 9.64 Å². The van der Waals surface area contributed by atoms with E-state index in [9.17, 15) is 4.79 Å². The molecule has 0 bridgehead atoms. The molecule has 2 fully saturated rings. The SMILES string of the molecule is Cc1nc(CN2CCOCC3(CCN(C(=O)CC#N)CC3)C2)cs1. The molecule has 2 aliphatic rings. The van der Waals surface area contributed by atoms with Crippen molar-refractivity contribution in [3.05, 3.63) is 16.1 Å². The first kappa shape index (κ1) is 17.3. The van der Waals surface area contributed by atoms with Gasteiger partial charge in [-0.1, -0.05) is 0 Å². The fourth-order valence-corrected chi connectivity index (χ4v) is 4.24. The number of carbonyl (C=O) groups is 1. The molecule has 2 aliphatic heterocycles. The molecule has 1 amide bonds. The number of ether oxygens (including phenoxy) is 1. The third-order valence-electron chi connectivity index (χ3n) is 4.98. The fraction of sp³-hybridized carbons (Fsp3) is 0.706. The molecule has 130 valence electrons. The second kappa shape index (κ2) is 7.60. The number of rotatable bonds is 3. The number of nitrogens with zero attached hydrogens (tertiary/aromatic N) is 4. The van der Waals surface area contributed by atoms with Crippen molar-refractivity contribution in [1.82, 2.24) is 14.8 Å². The van der Waals surface area contributed by atoms with Gasteiger partial charge in [-0.2, -0.15) is 5.26 Å². The average Bonchev–Trinajstić information content (AvgIpc) is 2.87. The fourth-order valence-electron chi connectivity index (χ4n) is 3.64. The van der Waals surface area contributed by atoms with Gasteiger partial charge in [-0.15, -0.1) is 11.3 Å². The number of aromatic nitrogens is 1. The van der Waals surface area contributed by atoms with Gasteiger partial charge in [0.25, 0.3) is 0 Å². The van der Waals surface area contributed by atoms with Gasteiger partial charge in [0.2, 0.25) is 5.91 Å². The van der Waals surface area contributed by atoms with Crippen LogP contribution in [0.1, 0.15) is 30.0 Å². The summed E-state index contributed by atoms with van der Waals surface area (Å²) >= 11 is 1.69. The van der Waals surface area contributed by atoms with Crippen molar-refractivity contribution in [3.63, 3.8) is 0 Å². The lowest BCUT2D eigenvalue weighted by molar-refractivity contribution is -0.133. The Hall–Kier alpha value is -1.49. The number of carbonyl (C=O) groups excluding carboxylic acids is 1. The van der Waals surface area contributed by atoms with E-state index in [0.717, 1.165) is 69.5 Å². The molecule has 0 aromatic carbocycles. The number of likely N-dealkylation sites (tertiary alicyclic amines) is 1. The van der Waals surface area contributed by atoms with E-state index in [0.29, 0.717) is 0 Å². The van der Waals surface area contributed by atoms with Crippen LogP contribution < -0.4 is 0 Å². The van der Waals surface area contributed by atoms with Crippen molar-refractivity contribution in [1.29, 1.82) is 5.26 Å². The van der Waals surface area contributed by atoms with E-state index in [-0.39, 0.29) is 17.7 Å². The van der Waals surface area contributed by atoms with E-state index in [2.05, 4.69) is 15.3 Å². The number of hydrogen-bond donors (Lipinski definition) is 0. The first-order valence-corrected chi connectivity index (χ1v) is 9.34. The number of aryl methyl sites for hydroxylation is 1. The summed E-state index contributed by atoms with van der Waals surface area (Å²) in [6.45, 7) is 7.80. The van der Waals surface area contributed by atoms with Crippen LogP contribution in [0.15, 0.2) is 5.38 Å². The Balaban J connectivity index is 1.61. The van der Waals surface area contributed by atoms with Crippen LogP contribution in [0.3, 0.4) is 0 Å². The summed E-state index contributed by atoms with van der Waals surface area (Å²) in [5.41, 5.74) is 1.25. The maximum atomic E-state index is 11.9. The first-order chi connectivity index (χ1) is 11.6. The van der Waals surface area contributed by atoms with Crippen LogP contribution in [0.2, 0.25) is 0 Å². The van der Waals surface area contributed by atoms with Crippen molar-refractivity contribution in [2.24, 2.45) is 5.41 Å². The molecule has 0 unspecified atom stereocenters. The minimum atomic E-state index is -0.0447. The molecule has 0 N–H and O–H groups in total. The molecule has 24 heavy (non-hydrogen) atoms. The minimum absolute atomic E-state index is 0.0151. The van der Waals surface area contributed by atoms with E-state index in [4.69, 9.17) is 10.00 Å². The summed E-state index contributed by atoms with van der Waals surface area (Å²) in [6, 6.07) is 1.95. The summed E-state index contributed by atoms with van der Waals surface area (Å²) in [7, 11) is 0. The van der Waals surface area contributed by atoms with Crippen LogP contribution in [0.4, 0.5) is 0 Å². The lowest BCUT2D eigenvalue weighted by Gasteiger charge is -2.42. The van der Waals surface area contributed by atoms with Gasteiger partial charge in [0.1, 0.15) is 6.42 Å². The molecule has 1 spiro atoms. The van der Waals surface area contributed by atoms with Gasteiger partial charge in [0.05, 0.1) is 30.0 Å². The van der Waals surface area contributed by atoms with E-state index < -0.39 is 0 Å². The number of nitriles is 1. The molecule has 6 nitrogen and oxygen atoms in total. The molecule has 0 aliphatic carbocycles. The van der Waals surface area contributed by atoms with Crippen LogP contribution in [-0.2, 0) is 16.1 Å². The Morgan fingerprint density at radius 2 is 2.25 bits per heavy atom. The van der Waals surface area contributed by atoms with Crippen molar-refractivity contribution in [2.75, 3.05) is 39.4 Å². The van der Waals surface area contributed by atoms with Crippen molar-refractivity contribution < 1.29 is 9.53 Å². The summed E-state index contributed by atoms with van der Waals surface area (Å²) in [5.74, 6) is -0.0447. The molecular formula is C17H24N4O2S. The summed E-state index contributed by atoms with van der Waals surface area (Å²) in [4.78, 5) is 20.7. The summed E-state index contributed by atoms with van der Waals surface area (Å²) in [6.07, 6.45) is 1.87. The highest BCUT2D eigenvalue weighted by Crippen LogP contribution is 2.35. The van der Waals surface area contributed by atoms with Gasteiger partial charge in [-0.25, -0.2) is 4.98 Å². The quantitative estimate of drug-likeness (QED) is 0.833. The predicted molar refractivity (Wildman–Crippen MR) is 91.4 cm³/mol. The maximum Gasteiger partial charge on any atom is 0.236 e. The second-order valence-corrected chi connectivity index (χ2v) is 7.90. The molecule has 3 heterocycles. The van der Waals surface area contributed by atoms with E-state index in [1.807, 2.05) is 17.9 Å². The number of thiazole rings is 1. The standard InChI is InChI=1S/C17H24N4O2S/c1-14-19-15(11-24-14)10-20-8-9-23-13-17(12-20)3-6-21(7-4-17)16(22)2-5-18/h11H,2-4,6-10,12-13H2,1H3. The normalized spacial score (nSPS) is 21.4. The zero-order chi connectivity index (χ0) is 17.0. The van der Waals surface area contributed by atoms with E-state index in [1.165, 1.54) is 0 Å². The zero-order valence-electron chi connectivity index (χ0n) is 14.2. The monoisotopic (exact) mass is 348 g/mol. The van der Waals surface area contributed by atoms with Crippen molar-refractivity contribution in [2.45, 2.75) is 32.7 Å². The Labute approximate surface area is 147 Å². The topological polar surface area (TPSA) is 69.5 Å². The van der Waals surface area contributed by atoms with Crippen LogP contribution in [-0.4, -0.2) is 60.1 Å². The molecule has 1 aromatic heterocycles. The largest absolute Gasteiger partial charge is 0.379 e. The molecule has 0 atom stereocenters. The molecule has 0 radical (unpaired) electrons. The smallest absolute Gasteiger partial charge is 0.236 e. The van der Waals surface area contributed by atoms with E-state index in [1.54, 1.807) is 11.3 Å². The number of amides is 1. The molecule has 1 aromatic rings. The first-order valence-electron chi connectivity index (χ1n) is 8.46. The van der Waals surface area contributed by atoms with Crippen LogP contribution in [0.5, 0.6) is 0 Å². The van der Waals surface area contributed by atoms with Gasteiger partial charge in [-0.05, 0) is 19.8 Å². The van der Waals surface area contributed by atoms with Crippen LogP contribution in [0, 0.1) is 23.7 Å². The van der Waals surface area contributed by atoms with E-state index >= 15 is 0 Å². The molecule has 3 rings (SSSR count). The maximum absolute atomic E-state index is 11.9. The van der Waals surface area contributed by atoms with Crippen LogP contribution >= 0.6 is 11.3 Å². The predicted octanol–water partition coefficient (Wildman–Crippen LogP) is 1.81. The molecular weight excluding hydrogens is 324 g/mol. The van der Waals surface area contributed by atoms with Gasteiger partial charge in [0, 0.05) is 43.5 Å². The molecule has 2 saturated heterocycles. The zero-order valence-corrected chi connectivity index (χ0v) is 15.0. The number of piperidine rings is 1. The highest BCUT2D eigenvalue weighted by molar-refractivity contribution is 7.09. The molecule has 0 saturated carbocycles. The Morgan fingerprint density at radius 1 is 1.46 bits per heavy atom. The van der Waals surface area contributed by atoms with Crippen LogP contribution in [0.25, 0.3) is 0 Å². The highest BCUT2D eigenvalue weighted by Gasteiger charge is 2.39. The summed E-state index contributed by atoms with van der Waals surface area (Å²) in [5, 5.41) is 11.9. The van der Waals surface area contributed by atoms with Gasteiger partial charge in [0.15, 0.2) is 0 Å². The summed E-state index contributed by atoms with van der Waals surface area (Å²) < 4.78 is 5.89.